The van der Waals surface area contributed by atoms with Gasteiger partial charge >= 0.3 is 0 Å². The van der Waals surface area contributed by atoms with Crippen molar-refractivity contribution in [3.63, 3.8) is 0 Å². The van der Waals surface area contributed by atoms with E-state index in [4.69, 9.17) is 9.84 Å². The van der Waals surface area contributed by atoms with Crippen molar-refractivity contribution in [3.05, 3.63) is 52.1 Å². The summed E-state index contributed by atoms with van der Waals surface area (Å²) >= 11 is 3.04. The molecule has 0 radical (unpaired) electrons. The van der Waals surface area contributed by atoms with Crippen molar-refractivity contribution in [2.75, 3.05) is 0 Å². The molecule has 0 spiro atoms. The second kappa shape index (κ2) is 5.41. The average molecular weight is 316 g/mol. The predicted molar refractivity (Wildman–Crippen MR) is 64.3 cm³/mol. The van der Waals surface area contributed by atoms with Gasteiger partial charge in [-0.15, -0.1) is 0 Å². The fraction of sp³-hybridized carbons (Fsp3) is 0.0833. The summed E-state index contributed by atoms with van der Waals surface area (Å²) in [6.45, 7) is -0.186. The van der Waals surface area contributed by atoms with Crippen LogP contribution in [0.1, 0.15) is 5.56 Å². The third kappa shape index (κ3) is 2.83. The minimum atomic E-state index is -1.09. The maximum absolute atomic E-state index is 13.5. The highest BCUT2D eigenvalue weighted by Gasteiger charge is 2.12. The number of nitrogens with zero attached hydrogens (tertiary/aromatic N) is 1. The van der Waals surface area contributed by atoms with Crippen molar-refractivity contribution in [3.8, 4) is 11.6 Å². The normalized spacial score (nSPS) is 10.4. The second-order valence-electron chi connectivity index (χ2n) is 3.46. The Balaban J connectivity index is 2.33. The number of aromatic nitrogens is 1. The van der Waals surface area contributed by atoms with Gasteiger partial charge in [0.15, 0.2) is 11.6 Å². The Morgan fingerprint density at radius 1 is 1.28 bits per heavy atom. The Morgan fingerprint density at radius 3 is 2.78 bits per heavy atom. The number of rotatable bonds is 3. The van der Waals surface area contributed by atoms with E-state index < -0.39 is 11.6 Å². The highest BCUT2D eigenvalue weighted by molar-refractivity contribution is 9.10. The molecule has 1 aromatic heterocycles. The summed E-state index contributed by atoms with van der Waals surface area (Å²) in [6, 6.07) is 5.33. The molecule has 0 saturated carbocycles. The van der Waals surface area contributed by atoms with Gasteiger partial charge in [-0.05, 0) is 23.8 Å². The van der Waals surface area contributed by atoms with E-state index in [1.807, 2.05) is 0 Å². The van der Waals surface area contributed by atoms with Crippen LogP contribution in [-0.4, -0.2) is 10.1 Å². The van der Waals surface area contributed by atoms with Crippen molar-refractivity contribution in [2.24, 2.45) is 0 Å². The van der Waals surface area contributed by atoms with Crippen LogP contribution in [0.5, 0.6) is 11.6 Å². The van der Waals surface area contributed by atoms with E-state index in [1.54, 1.807) is 6.07 Å². The molecule has 2 aromatic rings. The van der Waals surface area contributed by atoms with Crippen molar-refractivity contribution in [2.45, 2.75) is 6.61 Å². The SMILES string of the molecule is OCc1ccnc(Oc2cc(Br)cc(F)c2F)c1. The standard InChI is InChI=1S/C12H8BrF2NO2/c13-8-4-9(14)12(15)10(5-8)18-11-3-7(6-17)1-2-16-11/h1-5,17H,6H2. The molecule has 0 atom stereocenters. The second-order valence-corrected chi connectivity index (χ2v) is 4.38. The quantitative estimate of drug-likeness (QED) is 0.883. The van der Waals surface area contributed by atoms with Crippen LogP contribution in [0, 0.1) is 11.6 Å². The molecule has 18 heavy (non-hydrogen) atoms. The molecule has 94 valence electrons. The fourth-order valence-corrected chi connectivity index (χ4v) is 1.73. The lowest BCUT2D eigenvalue weighted by Crippen LogP contribution is -1.95. The summed E-state index contributed by atoms with van der Waals surface area (Å²) in [4.78, 5) is 3.85. The summed E-state index contributed by atoms with van der Waals surface area (Å²) in [7, 11) is 0. The van der Waals surface area contributed by atoms with E-state index in [0.29, 0.717) is 10.0 Å². The van der Waals surface area contributed by atoms with Crippen molar-refractivity contribution in [1.82, 2.24) is 4.98 Å². The Hall–Kier alpha value is -1.53. The predicted octanol–water partition coefficient (Wildman–Crippen LogP) is 3.41. The zero-order chi connectivity index (χ0) is 13.1. The number of hydrogen-bond donors (Lipinski definition) is 1. The molecular formula is C12H8BrF2NO2. The summed E-state index contributed by atoms with van der Waals surface area (Å²) in [5.74, 6) is -2.30. The molecule has 0 saturated heterocycles. The monoisotopic (exact) mass is 315 g/mol. The van der Waals surface area contributed by atoms with E-state index in [0.717, 1.165) is 6.07 Å². The molecule has 0 aliphatic rings. The first-order chi connectivity index (χ1) is 8.60. The summed E-state index contributed by atoms with van der Waals surface area (Å²) in [5, 5.41) is 8.95. The Labute approximate surface area is 110 Å². The summed E-state index contributed by atoms with van der Waals surface area (Å²) in [5.41, 5.74) is 0.566. The van der Waals surface area contributed by atoms with Gasteiger partial charge in [0.2, 0.25) is 11.7 Å². The molecule has 1 aromatic carbocycles. The molecule has 0 amide bonds. The van der Waals surface area contributed by atoms with Crippen LogP contribution in [-0.2, 0) is 6.61 Å². The zero-order valence-electron chi connectivity index (χ0n) is 9.03. The summed E-state index contributed by atoms with van der Waals surface area (Å²) < 4.78 is 32.1. The average Bonchev–Trinajstić information content (AvgIpc) is 2.35. The molecule has 0 fully saturated rings. The van der Waals surface area contributed by atoms with Crippen molar-refractivity contribution >= 4 is 15.9 Å². The van der Waals surface area contributed by atoms with E-state index in [2.05, 4.69) is 20.9 Å². The van der Waals surface area contributed by atoms with Crippen molar-refractivity contribution < 1.29 is 18.6 Å². The van der Waals surface area contributed by atoms with Crippen LogP contribution < -0.4 is 4.74 Å². The lowest BCUT2D eigenvalue weighted by molar-refractivity contribution is 0.281. The smallest absolute Gasteiger partial charge is 0.219 e. The van der Waals surface area contributed by atoms with Gasteiger partial charge < -0.3 is 9.84 Å². The number of halogens is 3. The van der Waals surface area contributed by atoms with Crippen LogP contribution in [0.3, 0.4) is 0 Å². The van der Waals surface area contributed by atoms with Gasteiger partial charge in [0.1, 0.15) is 0 Å². The van der Waals surface area contributed by atoms with Crippen LogP contribution in [0.25, 0.3) is 0 Å². The number of pyridine rings is 1. The summed E-state index contributed by atoms with van der Waals surface area (Å²) in [6.07, 6.45) is 1.41. The first kappa shape index (κ1) is 12.9. The molecule has 0 aliphatic carbocycles. The lowest BCUT2D eigenvalue weighted by Gasteiger charge is -2.07. The largest absolute Gasteiger partial charge is 0.436 e. The van der Waals surface area contributed by atoms with E-state index in [1.165, 1.54) is 18.3 Å². The van der Waals surface area contributed by atoms with Crippen LogP contribution in [0.4, 0.5) is 8.78 Å². The highest BCUT2D eigenvalue weighted by atomic mass is 79.9. The van der Waals surface area contributed by atoms with Gasteiger partial charge in [0.05, 0.1) is 6.61 Å². The number of aliphatic hydroxyl groups excluding tert-OH is 1. The number of aliphatic hydroxyl groups is 1. The zero-order valence-corrected chi connectivity index (χ0v) is 10.6. The maximum Gasteiger partial charge on any atom is 0.219 e. The van der Waals surface area contributed by atoms with Gasteiger partial charge in [-0.1, -0.05) is 15.9 Å². The van der Waals surface area contributed by atoms with Crippen LogP contribution >= 0.6 is 15.9 Å². The number of benzene rings is 1. The molecule has 1 N–H and O–H groups in total. The number of hydrogen-bond acceptors (Lipinski definition) is 3. The van der Waals surface area contributed by atoms with E-state index >= 15 is 0 Å². The molecule has 6 heteroatoms. The van der Waals surface area contributed by atoms with Gasteiger partial charge in [-0.25, -0.2) is 9.37 Å². The van der Waals surface area contributed by atoms with Gasteiger partial charge in [0.25, 0.3) is 0 Å². The van der Waals surface area contributed by atoms with E-state index in [9.17, 15) is 8.78 Å². The lowest BCUT2D eigenvalue weighted by atomic mass is 10.3. The van der Waals surface area contributed by atoms with Gasteiger partial charge in [0, 0.05) is 16.7 Å². The third-order valence-corrected chi connectivity index (χ3v) is 2.61. The molecular weight excluding hydrogens is 308 g/mol. The van der Waals surface area contributed by atoms with Gasteiger partial charge in [-0.2, -0.15) is 4.39 Å². The van der Waals surface area contributed by atoms with Gasteiger partial charge in [-0.3, -0.25) is 0 Å². The molecule has 3 nitrogen and oxygen atoms in total. The Morgan fingerprint density at radius 2 is 2.06 bits per heavy atom. The first-order valence-electron chi connectivity index (χ1n) is 4.98. The minimum Gasteiger partial charge on any atom is -0.436 e. The third-order valence-electron chi connectivity index (χ3n) is 2.16. The fourth-order valence-electron chi connectivity index (χ4n) is 1.32. The minimum absolute atomic E-state index is 0.0814. The van der Waals surface area contributed by atoms with Crippen LogP contribution in [0.15, 0.2) is 34.9 Å². The van der Waals surface area contributed by atoms with Crippen LogP contribution in [0.2, 0.25) is 0 Å². The van der Waals surface area contributed by atoms with E-state index in [-0.39, 0.29) is 18.2 Å². The molecule has 2 rings (SSSR count). The first-order valence-corrected chi connectivity index (χ1v) is 5.77. The highest BCUT2D eigenvalue weighted by Crippen LogP contribution is 2.28. The molecule has 0 bridgehead atoms. The molecule has 0 aliphatic heterocycles. The topological polar surface area (TPSA) is 42.4 Å². The molecule has 1 heterocycles. The Bertz CT molecular complexity index is 578. The molecule has 0 unspecified atom stereocenters. The van der Waals surface area contributed by atoms with Crippen molar-refractivity contribution in [1.29, 1.82) is 0 Å². The Kier molecular flexibility index (Phi) is 3.88. The maximum atomic E-state index is 13.5. The number of ether oxygens (including phenoxy) is 1.